The minimum atomic E-state index is -0.387. The lowest BCUT2D eigenvalue weighted by Crippen LogP contribution is -2.51. The smallest absolute Gasteiger partial charge is 0.123 e. The van der Waals surface area contributed by atoms with Crippen molar-refractivity contribution in [2.45, 2.75) is 58.7 Å². The van der Waals surface area contributed by atoms with Crippen molar-refractivity contribution >= 4 is 0 Å². The maximum atomic E-state index is 13.1. The maximum absolute atomic E-state index is 13.1. The molecule has 0 saturated carbocycles. The van der Waals surface area contributed by atoms with E-state index in [1.165, 1.54) is 12.1 Å². The number of halogens is 1. The molecule has 20 heavy (non-hydrogen) atoms. The van der Waals surface area contributed by atoms with Crippen molar-refractivity contribution < 1.29 is 14.2 Å². The third-order valence-corrected chi connectivity index (χ3v) is 3.19. The van der Waals surface area contributed by atoms with Crippen LogP contribution in [0.4, 0.5) is 4.39 Å². The molecule has 0 bridgehead atoms. The van der Waals surface area contributed by atoms with Gasteiger partial charge in [0.05, 0.1) is 12.7 Å². The second kappa shape index (κ2) is 7.04. The zero-order valence-corrected chi connectivity index (χ0v) is 13.0. The second-order valence-corrected chi connectivity index (χ2v) is 6.06. The average molecular weight is 283 g/mol. The van der Waals surface area contributed by atoms with Crippen LogP contribution >= 0.6 is 0 Å². The zero-order chi connectivity index (χ0) is 15.3. The third kappa shape index (κ3) is 5.10. The van der Waals surface area contributed by atoms with Crippen LogP contribution in [0.15, 0.2) is 18.2 Å². The van der Waals surface area contributed by atoms with E-state index in [9.17, 15) is 9.50 Å². The molecular weight excluding hydrogens is 257 g/mol. The Kier molecular flexibility index (Phi) is 5.96. The van der Waals surface area contributed by atoms with E-state index >= 15 is 0 Å². The van der Waals surface area contributed by atoms with Crippen LogP contribution in [0.3, 0.4) is 0 Å². The average Bonchev–Trinajstić information content (AvgIpc) is 2.31. The second-order valence-electron chi connectivity index (χ2n) is 6.06. The van der Waals surface area contributed by atoms with Gasteiger partial charge in [-0.15, -0.1) is 0 Å². The Labute approximate surface area is 121 Å². The molecule has 2 unspecified atom stereocenters. The van der Waals surface area contributed by atoms with Crippen LogP contribution in [-0.4, -0.2) is 29.4 Å². The Hall–Kier alpha value is -1.13. The van der Waals surface area contributed by atoms with E-state index in [2.05, 4.69) is 5.32 Å². The van der Waals surface area contributed by atoms with Gasteiger partial charge in [0.15, 0.2) is 0 Å². The topological polar surface area (TPSA) is 41.5 Å². The standard InChI is InChI=1S/C16H26FNO2/c1-11(2)18-16(5,10-19)9-13(4)20-15-7-6-14(17)8-12(15)3/h6-8,11,13,18-19H,9-10H2,1-5H3. The van der Waals surface area contributed by atoms with Gasteiger partial charge >= 0.3 is 0 Å². The molecule has 0 fully saturated rings. The monoisotopic (exact) mass is 283 g/mol. The van der Waals surface area contributed by atoms with E-state index < -0.39 is 0 Å². The third-order valence-electron chi connectivity index (χ3n) is 3.19. The van der Waals surface area contributed by atoms with E-state index in [0.717, 1.165) is 5.56 Å². The number of hydrogen-bond acceptors (Lipinski definition) is 3. The number of aliphatic hydroxyl groups is 1. The summed E-state index contributed by atoms with van der Waals surface area (Å²) < 4.78 is 18.9. The van der Waals surface area contributed by atoms with Crippen molar-refractivity contribution in [1.29, 1.82) is 0 Å². The fourth-order valence-corrected chi connectivity index (χ4v) is 2.50. The van der Waals surface area contributed by atoms with E-state index in [-0.39, 0.29) is 30.1 Å². The van der Waals surface area contributed by atoms with Crippen LogP contribution in [0.1, 0.15) is 39.7 Å². The first-order valence-electron chi connectivity index (χ1n) is 7.07. The molecule has 2 atom stereocenters. The van der Waals surface area contributed by atoms with E-state index in [0.29, 0.717) is 12.2 Å². The molecule has 0 aliphatic rings. The number of aliphatic hydroxyl groups excluding tert-OH is 1. The summed E-state index contributed by atoms with van der Waals surface area (Å²) in [5, 5.41) is 12.9. The highest BCUT2D eigenvalue weighted by Gasteiger charge is 2.27. The summed E-state index contributed by atoms with van der Waals surface area (Å²) in [5.74, 6) is 0.424. The Balaban J connectivity index is 2.68. The summed E-state index contributed by atoms with van der Waals surface area (Å²) in [6.07, 6.45) is 0.584. The zero-order valence-electron chi connectivity index (χ0n) is 13.0. The van der Waals surface area contributed by atoms with Crippen molar-refractivity contribution in [2.75, 3.05) is 6.61 Å². The highest BCUT2D eigenvalue weighted by molar-refractivity contribution is 5.32. The lowest BCUT2D eigenvalue weighted by Gasteiger charge is -2.33. The summed E-state index contributed by atoms with van der Waals surface area (Å²) in [7, 11) is 0. The lowest BCUT2D eigenvalue weighted by atomic mass is 9.94. The first-order valence-corrected chi connectivity index (χ1v) is 7.07. The van der Waals surface area contributed by atoms with Gasteiger partial charge in [-0.2, -0.15) is 0 Å². The quantitative estimate of drug-likeness (QED) is 0.808. The van der Waals surface area contributed by atoms with Crippen LogP contribution in [0.5, 0.6) is 5.75 Å². The molecule has 0 spiro atoms. The molecule has 4 heteroatoms. The van der Waals surface area contributed by atoms with Crippen LogP contribution in [0.2, 0.25) is 0 Å². The molecule has 1 aromatic carbocycles. The van der Waals surface area contributed by atoms with Gasteiger partial charge in [0.2, 0.25) is 0 Å². The maximum Gasteiger partial charge on any atom is 0.123 e. The SMILES string of the molecule is Cc1cc(F)ccc1OC(C)CC(C)(CO)NC(C)C. The first-order chi connectivity index (χ1) is 9.25. The molecule has 0 saturated heterocycles. The van der Waals surface area contributed by atoms with Gasteiger partial charge in [-0.25, -0.2) is 4.39 Å². The summed E-state index contributed by atoms with van der Waals surface area (Å²) in [6, 6.07) is 4.78. The largest absolute Gasteiger partial charge is 0.490 e. The first kappa shape index (κ1) is 16.9. The predicted octanol–water partition coefficient (Wildman–Crippen LogP) is 3.04. The molecule has 0 aromatic heterocycles. The number of nitrogens with one attached hydrogen (secondary N) is 1. The molecule has 1 rings (SSSR count). The lowest BCUT2D eigenvalue weighted by molar-refractivity contribution is 0.104. The molecule has 0 amide bonds. The molecule has 3 nitrogen and oxygen atoms in total. The number of aryl methyl sites for hydroxylation is 1. The molecule has 1 aromatic rings. The molecule has 0 aliphatic carbocycles. The number of hydrogen-bond donors (Lipinski definition) is 2. The van der Waals surface area contributed by atoms with Crippen LogP contribution in [-0.2, 0) is 0 Å². The van der Waals surface area contributed by atoms with Crippen molar-refractivity contribution in [3.05, 3.63) is 29.6 Å². The van der Waals surface area contributed by atoms with Crippen molar-refractivity contribution in [3.63, 3.8) is 0 Å². The van der Waals surface area contributed by atoms with Gasteiger partial charge in [0, 0.05) is 18.0 Å². The Morgan fingerprint density at radius 1 is 1.35 bits per heavy atom. The molecule has 0 aliphatic heterocycles. The Morgan fingerprint density at radius 2 is 2.00 bits per heavy atom. The van der Waals surface area contributed by atoms with Gasteiger partial charge in [0.1, 0.15) is 11.6 Å². The highest BCUT2D eigenvalue weighted by Crippen LogP contribution is 2.23. The number of rotatable bonds is 7. The predicted molar refractivity (Wildman–Crippen MR) is 79.6 cm³/mol. The van der Waals surface area contributed by atoms with Crippen molar-refractivity contribution in [2.24, 2.45) is 0 Å². The van der Waals surface area contributed by atoms with E-state index in [1.54, 1.807) is 6.07 Å². The van der Waals surface area contributed by atoms with Gasteiger partial charge in [-0.05, 0) is 44.5 Å². The fraction of sp³-hybridized carbons (Fsp3) is 0.625. The van der Waals surface area contributed by atoms with Crippen LogP contribution < -0.4 is 10.1 Å². The highest BCUT2D eigenvalue weighted by atomic mass is 19.1. The molecule has 114 valence electrons. The van der Waals surface area contributed by atoms with E-state index in [1.807, 2.05) is 34.6 Å². The van der Waals surface area contributed by atoms with Crippen LogP contribution in [0.25, 0.3) is 0 Å². The summed E-state index contributed by atoms with van der Waals surface area (Å²) in [6.45, 7) is 9.89. The Bertz CT molecular complexity index is 436. The molecule has 0 heterocycles. The minimum Gasteiger partial charge on any atom is -0.490 e. The van der Waals surface area contributed by atoms with Crippen LogP contribution in [0, 0.1) is 12.7 Å². The summed E-state index contributed by atoms with van der Waals surface area (Å²) in [5.41, 5.74) is 0.390. The van der Waals surface area contributed by atoms with Gasteiger partial charge in [-0.3, -0.25) is 0 Å². The van der Waals surface area contributed by atoms with E-state index in [4.69, 9.17) is 4.74 Å². The Morgan fingerprint density at radius 3 is 2.50 bits per heavy atom. The van der Waals surface area contributed by atoms with Gasteiger partial charge in [0.25, 0.3) is 0 Å². The molecule has 0 radical (unpaired) electrons. The fourth-order valence-electron chi connectivity index (χ4n) is 2.50. The van der Waals surface area contributed by atoms with Gasteiger partial charge in [-0.1, -0.05) is 13.8 Å². The number of benzene rings is 1. The molecule has 2 N–H and O–H groups in total. The number of ether oxygens (including phenoxy) is 1. The minimum absolute atomic E-state index is 0.0429. The summed E-state index contributed by atoms with van der Waals surface area (Å²) in [4.78, 5) is 0. The van der Waals surface area contributed by atoms with Crippen molar-refractivity contribution in [1.82, 2.24) is 5.32 Å². The normalized spacial score (nSPS) is 16.0. The van der Waals surface area contributed by atoms with Gasteiger partial charge < -0.3 is 15.2 Å². The summed E-state index contributed by atoms with van der Waals surface area (Å²) >= 11 is 0. The van der Waals surface area contributed by atoms with Crippen molar-refractivity contribution in [3.8, 4) is 5.75 Å². The molecular formula is C16H26FNO2.